The Kier molecular flexibility index (Phi) is 2.96. The molecule has 1 aliphatic heterocycles. The summed E-state index contributed by atoms with van der Waals surface area (Å²) in [7, 11) is 0. The highest BCUT2D eigenvalue weighted by Gasteiger charge is 2.35. The molecule has 2 atom stereocenters. The molecule has 0 N–H and O–H groups in total. The molecule has 1 saturated heterocycles. The third-order valence-corrected chi connectivity index (χ3v) is 3.13. The number of carbonyl (C=O) groups excluding carboxylic acids is 1. The van der Waals surface area contributed by atoms with E-state index in [0.717, 1.165) is 26.0 Å². The average Bonchev–Trinajstić information content (AvgIpc) is 2.62. The van der Waals surface area contributed by atoms with E-state index in [0.29, 0.717) is 18.6 Å². The van der Waals surface area contributed by atoms with Crippen molar-refractivity contribution in [2.45, 2.75) is 37.8 Å². The molecular weight excluding hydrogens is 166 g/mol. The van der Waals surface area contributed by atoms with Crippen LogP contribution in [0.5, 0.6) is 0 Å². The summed E-state index contributed by atoms with van der Waals surface area (Å²) in [6.07, 6.45) is 5.89. The summed E-state index contributed by atoms with van der Waals surface area (Å²) in [6, 6.07) is 0.605. The van der Waals surface area contributed by atoms with Crippen molar-refractivity contribution in [2.24, 2.45) is 0 Å². The zero-order chi connectivity index (χ0) is 9.10. The van der Waals surface area contributed by atoms with E-state index in [1.165, 1.54) is 19.3 Å². The van der Waals surface area contributed by atoms with E-state index >= 15 is 0 Å². The molecule has 0 radical (unpaired) electrons. The maximum absolute atomic E-state index is 10.3. The molecule has 0 spiro atoms. The van der Waals surface area contributed by atoms with Crippen molar-refractivity contribution in [1.29, 1.82) is 0 Å². The molecule has 2 unspecified atom stereocenters. The van der Waals surface area contributed by atoms with E-state index in [-0.39, 0.29) is 0 Å². The van der Waals surface area contributed by atoms with Gasteiger partial charge in [0, 0.05) is 25.6 Å². The van der Waals surface area contributed by atoms with Crippen LogP contribution in [0, 0.1) is 0 Å². The number of nitrogens with zero attached hydrogens (tertiary/aromatic N) is 1. The fraction of sp³-hybridized carbons (Fsp3) is 0.900. The first-order valence-corrected chi connectivity index (χ1v) is 5.21. The van der Waals surface area contributed by atoms with Gasteiger partial charge in [-0.25, -0.2) is 0 Å². The Morgan fingerprint density at radius 2 is 2.38 bits per heavy atom. The second-order valence-electron chi connectivity index (χ2n) is 3.90. The number of aldehydes is 1. The predicted octanol–water partition coefficient (Wildman–Crippen LogP) is 0.829. The molecule has 0 aromatic rings. The minimum atomic E-state index is 0.459. The Bertz CT molecular complexity index is 184. The summed E-state index contributed by atoms with van der Waals surface area (Å²) < 4.78 is 5.68. The first-order chi connectivity index (χ1) is 6.42. The fourth-order valence-corrected chi connectivity index (χ4v) is 2.50. The Balaban J connectivity index is 1.89. The number of ether oxygens (including phenoxy) is 1. The lowest BCUT2D eigenvalue weighted by atomic mass is 10.1. The van der Waals surface area contributed by atoms with E-state index < -0.39 is 0 Å². The molecule has 0 bridgehead atoms. The maximum atomic E-state index is 10.3. The van der Waals surface area contributed by atoms with E-state index in [4.69, 9.17) is 4.74 Å². The number of hydrogen-bond donors (Lipinski definition) is 0. The topological polar surface area (TPSA) is 29.5 Å². The Hall–Kier alpha value is -0.410. The van der Waals surface area contributed by atoms with E-state index in [9.17, 15) is 4.79 Å². The van der Waals surface area contributed by atoms with Gasteiger partial charge in [-0.2, -0.15) is 0 Å². The first-order valence-electron chi connectivity index (χ1n) is 5.21. The number of morpholine rings is 1. The second kappa shape index (κ2) is 4.20. The van der Waals surface area contributed by atoms with Crippen LogP contribution in [0.3, 0.4) is 0 Å². The van der Waals surface area contributed by atoms with Gasteiger partial charge in [0.15, 0.2) is 0 Å². The zero-order valence-electron chi connectivity index (χ0n) is 7.95. The molecule has 3 nitrogen and oxygen atoms in total. The zero-order valence-corrected chi connectivity index (χ0v) is 7.95. The number of rotatable bonds is 3. The minimum Gasteiger partial charge on any atom is -0.375 e. The first kappa shape index (κ1) is 9.16. The SMILES string of the molecule is O=CCCN1CCOC2CCCC21. The summed E-state index contributed by atoms with van der Waals surface area (Å²) in [4.78, 5) is 12.7. The maximum Gasteiger partial charge on any atom is 0.121 e. The molecule has 1 heterocycles. The standard InChI is InChI=1S/C10H17NO2/c12-7-2-5-11-6-8-13-10-4-1-3-9(10)11/h7,9-10H,1-6,8H2. The Labute approximate surface area is 79.0 Å². The highest BCUT2D eigenvalue weighted by molar-refractivity contribution is 5.49. The van der Waals surface area contributed by atoms with Gasteiger partial charge in [0.2, 0.25) is 0 Å². The molecule has 0 aromatic heterocycles. The molecule has 0 amide bonds. The van der Waals surface area contributed by atoms with E-state index in [1.807, 2.05) is 0 Å². The summed E-state index contributed by atoms with van der Waals surface area (Å²) in [5.41, 5.74) is 0. The highest BCUT2D eigenvalue weighted by Crippen LogP contribution is 2.29. The molecule has 2 aliphatic rings. The lowest BCUT2D eigenvalue weighted by molar-refractivity contribution is -0.109. The van der Waals surface area contributed by atoms with Crippen LogP contribution >= 0.6 is 0 Å². The Morgan fingerprint density at radius 1 is 1.46 bits per heavy atom. The largest absolute Gasteiger partial charge is 0.375 e. The lowest BCUT2D eigenvalue weighted by Crippen LogP contribution is -2.48. The van der Waals surface area contributed by atoms with Gasteiger partial charge < -0.3 is 9.53 Å². The van der Waals surface area contributed by atoms with Crippen molar-refractivity contribution in [1.82, 2.24) is 4.90 Å². The van der Waals surface area contributed by atoms with Crippen LogP contribution in [0.15, 0.2) is 0 Å². The molecule has 1 saturated carbocycles. The lowest BCUT2D eigenvalue weighted by Gasteiger charge is -2.37. The van der Waals surface area contributed by atoms with Crippen molar-refractivity contribution in [3.8, 4) is 0 Å². The van der Waals surface area contributed by atoms with Crippen LogP contribution in [0.25, 0.3) is 0 Å². The van der Waals surface area contributed by atoms with Crippen LogP contribution in [0.4, 0.5) is 0 Å². The van der Waals surface area contributed by atoms with Gasteiger partial charge in [-0.1, -0.05) is 0 Å². The molecular formula is C10H17NO2. The van der Waals surface area contributed by atoms with Crippen molar-refractivity contribution < 1.29 is 9.53 Å². The minimum absolute atomic E-state index is 0.459. The molecule has 74 valence electrons. The van der Waals surface area contributed by atoms with E-state index in [1.54, 1.807) is 0 Å². The van der Waals surface area contributed by atoms with Crippen molar-refractivity contribution in [3.63, 3.8) is 0 Å². The molecule has 13 heavy (non-hydrogen) atoms. The van der Waals surface area contributed by atoms with Crippen LogP contribution in [-0.4, -0.2) is 43.0 Å². The Morgan fingerprint density at radius 3 is 3.23 bits per heavy atom. The quantitative estimate of drug-likeness (QED) is 0.607. The third-order valence-electron chi connectivity index (χ3n) is 3.13. The average molecular weight is 183 g/mol. The van der Waals surface area contributed by atoms with Gasteiger partial charge >= 0.3 is 0 Å². The molecule has 1 aliphatic carbocycles. The van der Waals surface area contributed by atoms with Gasteiger partial charge in [0.1, 0.15) is 6.29 Å². The normalized spacial score (nSPS) is 34.5. The molecule has 2 rings (SSSR count). The van der Waals surface area contributed by atoms with Crippen molar-refractivity contribution in [3.05, 3.63) is 0 Å². The van der Waals surface area contributed by atoms with Gasteiger partial charge in [-0.05, 0) is 19.3 Å². The fourth-order valence-electron chi connectivity index (χ4n) is 2.50. The van der Waals surface area contributed by atoms with Gasteiger partial charge in [0.05, 0.1) is 12.7 Å². The predicted molar refractivity (Wildman–Crippen MR) is 49.6 cm³/mol. The van der Waals surface area contributed by atoms with Gasteiger partial charge in [-0.3, -0.25) is 4.90 Å². The van der Waals surface area contributed by atoms with E-state index in [2.05, 4.69) is 4.90 Å². The van der Waals surface area contributed by atoms with Crippen LogP contribution in [0.2, 0.25) is 0 Å². The van der Waals surface area contributed by atoms with Gasteiger partial charge in [0.25, 0.3) is 0 Å². The summed E-state index contributed by atoms with van der Waals surface area (Å²) in [6.45, 7) is 2.78. The molecule has 3 heteroatoms. The molecule has 2 fully saturated rings. The number of carbonyl (C=O) groups is 1. The van der Waals surface area contributed by atoms with Crippen LogP contribution in [-0.2, 0) is 9.53 Å². The number of hydrogen-bond acceptors (Lipinski definition) is 3. The third kappa shape index (κ3) is 1.92. The van der Waals surface area contributed by atoms with Crippen LogP contribution in [0.1, 0.15) is 25.7 Å². The summed E-state index contributed by atoms with van der Waals surface area (Å²) >= 11 is 0. The van der Waals surface area contributed by atoms with Crippen molar-refractivity contribution >= 4 is 6.29 Å². The summed E-state index contributed by atoms with van der Waals surface area (Å²) in [5, 5.41) is 0. The second-order valence-corrected chi connectivity index (χ2v) is 3.90. The smallest absolute Gasteiger partial charge is 0.121 e. The van der Waals surface area contributed by atoms with Gasteiger partial charge in [-0.15, -0.1) is 0 Å². The highest BCUT2D eigenvalue weighted by atomic mass is 16.5. The summed E-state index contributed by atoms with van der Waals surface area (Å²) in [5.74, 6) is 0. The van der Waals surface area contributed by atoms with Crippen molar-refractivity contribution in [2.75, 3.05) is 19.7 Å². The number of fused-ring (bicyclic) bond motifs is 1. The molecule has 0 aromatic carbocycles. The monoisotopic (exact) mass is 183 g/mol. The van der Waals surface area contributed by atoms with Crippen LogP contribution < -0.4 is 0 Å².